The predicted molar refractivity (Wildman–Crippen MR) is 95.8 cm³/mol. The van der Waals surface area contributed by atoms with Gasteiger partial charge in [0.2, 0.25) is 0 Å². The van der Waals surface area contributed by atoms with Crippen molar-refractivity contribution in [3.8, 4) is 0 Å². The molecular formula is C18H18BrFN2O2. The van der Waals surface area contributed by atoms with Crippen molar-refractivity contribution in [2.24, 2.45) is 0 Å². The van der Waals surface area contributed by atoms with Crippen LogP contribution in [0.2, 0.25) is 0 Å². The standard InChI is InChI=1S/C18H18BrFN2O2/c1-10(2)21-18(24)14-6-5-13(8-11(14)3)22-17(23)12-4-7-15(19)16(20)9-12/h4-10H,1-3H3,(H,21,24)(H,22,23). The lowest BCUT2D eigenvalue weighted by Crippen LogP contribution is -2.30. The Hall–Kier alpha value is -2.21. The summed E-state index contributed by atoms with van der Waals surface area (Å²) in [6.45, 7) is 5.57. The molecule has 0 spiro atoms. The van der Waals surface area contributed by atoms with E-state index in [1.807, 2.05) is 13.8 Å². The SMILES string of the molecule is Cc1cc(NC(=O)c2ccc(Br)c(F)c2)ccc1C(=O)NC(C)C. The molecule has 0 radical (unpaired) electrons. The molecule has 0 aliphatic heterocycles. The maximum absolute atomic E-state index is 13.5. The fourth-order valence-electron chi connectivity index (χ4n) is 2.18. The fraction of sp³-hybridized carbons (Fsp3) is 0.222. The van der Waals surface area contributed by atoms with Crippen LogP contribution in [0.1, 0.15) is 40.1 Å². The van der Waals surface area contributed by atoms with Gasteiger partial charge in [-0.05, 0) is 78.7 Å². The van der Waals surface area contributed by atoms with Crippen molar-refractivity contribution >= 4 is 33.4 Å². The number of hydrogen-bond donors (Lipinski definition) is 2. The summed E-state index contributed by atoms with van der Waals surface area (Å²) < 4.78 is 13.8. The molecule has 2 aromatic rings. The number of benzene rings is 2. The number of halogens is 2. The lowest BCUT2D eigenvalue weighted by molar-refractivity contribution is 0.0942. The van der Waals surface area contributed by atoms with E-state index in [4.69, 9.17) is 0 Å². The minimum atomic E-state index is -0.500. The summed E-state index contributed by atoms with van der Waals surface area (Å²) in [5.74, 6) is -1.07. The maximum atomic E-state index is 13.5. The molecule has 0 fully saturated rings. The van der Waals surface area contributed by atoms with Crippen molar-refractivity contribution in [2.45, 2.75) is 26.8 Å². The van der Waals surface area contributed by atoms with Gasteiger partial charge in [0.1, 0.15) is 5.82 Å². The van der Waals surface area contributed by atoms with Crippen molar-refractivity contribution < 1.29 is 14.0 Å². The van der Waals surface area contributed by atoms with Crippen LogP contribution in [0.15, 0.2) is 40.9 Å². The van der Waals surface area contributed by atoms with Gasteiger partial charge in [-0.15, -0.1) is 0 Å². The molecule has 2 N–H and O–H groups in total. The smallest absolute Gasteiger partial charge is 0.255 e. The van der Waals surface area contributed by atoms with Crippen LogP contribution in [0.4, 0.5) is 10.1 Å². The number of amides is 2. The normalized spacial score (nSPS) is 10.6. The summed E-state index contributed by atoms with van der Waals surface area (Å²) in [6.07, 6.45) is 0. The van der Waals surface area contributed by atoms with Crippen LogP contribution < -0.4 is 10.6 Å². The van der Waals surface area contributed by atoms with Gasteiger partial charge in [-0.1, -0.05) is 0 Å². The highest BCUT2D eigenvalue weighted by Gasteiger charge is 2.13. The van der Waals surface area contributed by atoms with E-state index >= 15 is 0 Å². The zero-order valence-corrected chi connectivity index (χ0v) is 15.2. The topological polar surface area (TPSA) is 58.2 Å². The highest BCUT2D eigenvalue weighted by atomic mass is 79.9. The lowest BCUT2D eigenvalue weighted by Gasteiger charge is -2.12. The van der Waals surface area contributed by atoms with E-state index in [9.17, 15) is 14.0 Å². The van der Waals surface area contributed by atoms with Gasteiger partial charge >= 0.3 is 0 Å². The first-order valence-electron chi connectivity index (χ1n) is 7.46. The number of carbonyl (C=O) groups excluding carboxylic acids is 2. The second-order valence-electron chi connectivity index (χ2n) is 5.74. The van der Waals surface area contributed by atoms with Crippen LogP contribution in [-0.4, -0.2) is 17.9 Å². The Bertz CT molecular complexity index is 791. The molecule has 0 aliphatic rings. The van der Waals surface area contributed by atoms with Crippen LogP contribution in [0.25, 0.3) is 0 Å². The molecule has 2 amide bonds. The molecule has 2 rings (SSSR count). The number of aryl methyl sites for hydroxylation is 1. The Labute approximate surface area is 148 Å². The second kappa shape index (κ2) is 7.57. The largest absolute Gasteiger partial charge is 0.350 e. The Kier molecular flexibility index (Phi) is 5.72. The summed E-state index contributed by atoms with van der Waals surface area (Å²) in [5, 5.41) is 5.53. The van der Waals surface area contributed by atoms with E-state index in [0.717, 1.165) is 11.6 Å². The molecule has 6 heteroatoms. The first-order valence-corrected chi connectivity index (χ1v) is 8.25. The fourth-order valence-corrected chi connectivity index (χ4v) is 2.42. The predicted octanol–water partition coefficient (Wildman–Crippen LogP) is 4.29. The third-order valence-electron chi connectivity index (χ3n) is 3.33. The Balaban J connectivity index is 2.15. The minimum absolute atomic E-state index is 0.0450. The van der Waals surface area contributed by atoms with Gasteiger partial charge in [0.25, 0.3) is 11.8 Å². The summed E-state index contributed by atoms with van der Waals surface area (Å²) in [6, 6.07) is 9.23. The number of anilines is 1. The van der Waals surface area contributed by atoms with E-state index in [1.165, 1.54) is 12.1 Å². The zero-order chi connectivity index (χ0) is 17.9. The molecule has 0 saturated heterocycles. The zero-order valence-electron chi connectivity index (χ0n) is 13.6. The monoisotopic (exact) mass is 392 g/mol. The molecule has 0 bridgehead atoms. The molecule has 0 saturated carbocycles. The van der Waals surface area contributed by atoms with E-state index in [2.05, 4.69) is 26.6 Å². The molecule has 126 valence electrons. The molecule has 2 aromatic carbocycles. The average Bonchev–Trinajstić information content (AvgIpc) is 2.49. The third kappa shape index (κ3) is 4.41. The van der Waals surface area contributed by atoms with E-state index in [1.54, 1.807) is 25.1 Å². The molecular weight excluding hydrogens is 375 g/mol. The molecule has 0 atom stereocenters. The molecule has 0 aliphatic carbocycles. The quantitative estimate of drug-likeness (QED) is 0.815. The van der Waals surface area contributed by atoms with Crippen molar-refractivity contribution in [3.05, 3.63) is 63.4 Å². The van der Waals surface area contributed by atoms with Gasteiger partial charge in [-0.2, -0.15) is 0 Å². The summed E-state index contributed by atoms with van der Waals surface area (Å²) in [7, 11) is 0. The molecule has 0 heterocycles. The minimum Gasteiger partial charge on any atom is -0.350 e. The van der Waals surface area contributed by atoms with Crippen molar-refractivity contribution in [1.82, 2.24) is 5.32 Å². The lowest BCUT2D eigenvalue weighted by atomic mass is 10.1. The van der Waals surface area contributed by atoms with Crippen LogP contribution in [0.3, 0.4) is 0 Å². The Morgan fingerprint density at radius 3 is 2.38 bits per heavy atom. The van der Waals surface area contributed by atoms with Gasteiger partial charge in [-0.3, -0.25) is 9.59 Å². The number of nitrogens with one attached hydrogen (secondary N) is 2. The Morgan fingerprint density at radius 2 is 1.79 bits per heavy atom. The number of hydrogen-bond acceptors (Lipinski definition) is 2. The first kappa shape index (κ1) is 18.1. The van der Waals surface area contributed by atoms with Gasteiger partial charge in [0.05, 0.1) is 4.47 Å². The average molecular weight is 393 g/mol. The molecule has 24 heavy (non-hydrogen) atoms. The van der Waals surface area contributed by atoms with Crippen LogP contribution in [0.5, 0.6) is 0 Å². The van der Waals surface area contributed by atoms with Crippen LogP contribution in [-0.2, 0) is 0 Å². The molecule has 0 aromatic heterocycles. The Morgan fingerprint density at radius 1 is 1.08 bits per heavy atom. The highest BCUT2D eigenvalue weighted by molar-refractivity contribution is 9.10. The number of carbonyl (C=O) groups is 2. The van der Waals surface area contributed by atoms with E-state index < -0.39 is 11.7 Å². The van der Waals surface area contributed by atoms with Crippen molar-refractivity contribution in [2.75, 3.05) is 5.32 Å². The van der Waals surface area contributed by atoms with Crippen molar-refractivity contribution in [1.29, 1.82) is 0 Å². The third-order valence-corrected chi connectivity index (χ3v) is 3.97. The van der Waals surface area contributed by atoms with Crippen LogP contribution in [0, 0.1) is 12.7 Å². The van der Waals surface area contributed by atoms with Gasteiger partial charge in [0, 0.05) is 22.9 Å². The van der Waals surface area contributed by atoms with Gasteiger partial charge in [-0.25, -0.2) is 4.39 Å². The molecule has 0 unspecified atom stereocenters. The summed E-state index contributed by atoms with van der Waals surface area (Å²) in [4.78, 5) is 24.2. The van der Waals surface area contributed by atoms with Gasteiger partial charge in [0.15, 0.2) is 0 Å². The summed E-state index contributed by atoms with van der Waals surface area (Å²) in [5.41, 5.74) is 2.06. The van der Waals surface area contributed by atoms with E-state index in [0.29, 0.717) is 15.7 Å². The first-order chi connectivity index (χ1) is 11.3. The second-order valence-corrected chi connectivity index (χ2v) is 6.60. The van der Waals surface area contributed by atoms with Crippen LogP contribution >= 0.6 is 15.9 Å². The van der Waals surface area contributed by atoms with Gasteiger partial charge < -0.3 is 10.6 Å². The maximum Gasteiger partial charge on any atom is 0.255 e. The highest BCUT2D eigenvalue weighted by Crippen LogP contribution is 2.19. The number of rotatable bonds is 4. The summed E-state index contributed by atoms with van der Waals surface area (Å²) >= 11 is 3.05. The van der Waals surface area contributed by atoms with E-state index in [-0.39, 0.29) is 17.5 Å². The van der Waals surface area contributed by atoms with Crippen molar-refractivity contribution in [3.63, 3.8) is 0 Å². The molecule has 4 nitrogen and oxygen atoms in total.